The van der Waals surface area contributed by atoms with Crippen molar-refractivity contribution >= 4 is 56.4 Å². The standard InChI is InChI=1S/C20H19N3OS3/c1-2-25-23-26-13-12-24-17-8-5-6-14-10-11-16(21-19(14)17)20-22-15-7-3-4-9-18(15)27-20/h3-11,23H,2,12-13H2,1H3. The smallest absolute Gasteiger partial charge is 0.145 e. The molecule has 0 saturated heterocycles. The number of para-hydroxylation sites is 2. The lowest BCUT2D eigenvalue weighted by molar-refractivity contribution is 0.347. The van der Waals surface area contributed by atoms with Crippen LogP contribution in [0.5, 0.6) is 5.75 Å². The van der Waals surface area contributed by atoms with Crippen molar-refractivity contribution in [1.82, 2.24) is 14.1 Å². The molecule has 2 aromatic heterocycles. The zero-order valence-electron chi connectivity index (χ0n) is 14.8. The van der Waals surface area contributed by atoms with E-state index in [0.717, 1.165) is 44.4 Å². The van der Waals surface area contributed by atoms with Gasteiger partial charge in [0.25, 0.3) is 0 Å². The number of aromatic nitrogens is 2. The van der Waals surface area contributed by atoms with Crippen molar-refractivity contribution in [3.8, 4) is 16.5 Å². The second-order valence-electron chi connectivity index (χ2n) is 5.72. The van der Waals surface area contributed by atoms with Crippen molar-refractivity contribution in [2.75, 3.05) is 18.1 Å². The van der Waals surface area contributed by atoms with Crippen LogP contribution in [0.15, 0.2) is 54.6 Å². The quantitative estimate of drug-likeness (QED) is 0.291. The lowest BCUT2D eigenvalue weighted by Gasteiger charge is -2.09. The number of fused-ring (bicyclic) bond motifs is 2. The minimum Gasteiger partial charge on any atom is -0.490 e. The predicted molar refractivity (Wildman–Crippen MR) is 120 cm³/mol. The van der Waals surface area contributed by atoms with Gasteiger partial charge in [-0.25, -0.2) is 14.1 Å². The van der Waals surface area contributed by atoms with Crippen molar-refractivity contribution in [2.45, 2.75) is 6.92 Å². The summed E-state index contributed by atoms with van der Waals surface area (Å²) in [6.07, 6.45) is 0. The van der Waals surface area contributed by atoms with Gasteiger partial charge in [0, 0.05) is 16.9 Å². The number of thiazole rings is 1. The molecule has 4 rings (SSSR count). The lowest BCUT2D eigenvalue weighted by Crippen LogP contribution is -2.04. The topological polar surface area (TPSA) is 47.0 Å². The lowest BCUT2D eigenvalue weighted by atomic mass is 10.2. The van der Waals surface area contributed by atoms with Crippen LogP contribution in [0.1, 0.15) is 6.92 Å². The minimum atomic E-state index is 0.633. The third kappa shape index (κ3) is 4.38. The molecule has 0 spiro atoms. The van der Waals surface area contributed by atoms with Crippen molar-refractivity contribution in [2.24, 2.45) is 0 Å². The molecule has 138 valence electrons. The minimum absolute atomic E-state index is 0.633. The average Bonchev–Trinajstić information content (AvgIpc) is 3.14. The van der Waals surface area contributed by atoms with Gasteiger partial charge in [-0.3, -0.25) is 0 Å². The Hall–Kier alpha value is -1.80. The van der Waals surface area contributed by atoms with Gasteiger partial charge in [0.15, 0.2) is 0 Å². The summed E-state index contributed by atoms with van der Waals surface area (Å²) in [7, 11) is 0. The molecule has 0 bridgehead atoms. The highest BCUT2D eigenvalue weighted by Crippen LogP contribution is 2.32. The number of hydrogen-bond acceptors (Lipinski definition) is 7. The number of hydrogen-bond donors (Lipinski definition) is 1. The predicted octanol–water partition coefficient (Wildman–Crippen LogP) is 5.80. The molecule has 0 unspecified atom stereocenters. The Kier molecular flexibility index (Phi) is 6.14. The van der Waals surface area contributed by atoms with Crippen molar-refractivity contribution in [1.29, 1.82) is 0 Å². The van der Waals surface area contributed by atoms with E-state index in [9.17, 15) is 0 Å². The van der Waals surface area contributed by atoms with Crippen LogP contribution >= 0.6 is 35.2 Å². The molecule has 0 amide bonds. The van der Waals surface area contributed by atoms with Crippen molar-refractivity contribution < 1.29 is 4.74 Å². The fourth-order valence-corrected chi connectivity index (χ4v) is 4.91. The Morgan fingerprint density at radius 3 is 2.81 bits per heavy atom. The van der Waals surface area contributed by atoms with Gasteiger partial charge < -0.3 is 4.74 Å². The van der Waals surface area contributed by atoms with E-state index < -0.39 is 0 Å². The number of rotatable bonds is 8. The molecule has 0 atom stereocenters. The monoisotopic (exact) mass is 413 g/mol. The van der Waals surface area contributed by atoms with E-state index in [-0.39, 0.29) is 0 Å². The Morgan fingerprint density at radius 1 is 1.00 bits per heavy atom. The summed E-state index contributed by atoms with van der Waals surface area (Å²) in [5.74, 6) is 2.75. The Labute approximate surface area is 171 Å². The maximum Gasteiger partial charge on any atom is 0.145 e. The molecule has 2 heterocycles. The van der Waals surface area contributed by atoms with E-state index >= 15 is 0 Å². The van der Waals surface area contributed by atoms with Crippen molar-refractivity contribution in [3.05, 3.63) is 54.6 Å². The number of nitrogens with one attached hydrogen (secondary N) is 1. The van der Waals surface area contributed by atoms with Crippen molar-refractivity contribution in [3.63, 3.8) is 0 Å². The Balaban J connectivity index is 1.57. The Bertz CT molecular complexity index is 1020. The zero-order chi connectivity index (χ0) is 18.5. The first kappa shape index (κ1) is 18.6. The van der Waals surface area contributed by atoms with Crippen LogP contribution in [-0.2, 0) is 0 Å². The van der Waals surface area contributed by atoms with Crippen LogP contribution in [0.4, 0.5) is 0 Å². The van der Waals surface area contributed by atoms with Crippen LogP contribution in [0.3, 0.4) is 0 Å². The van der Waals surface area contributed by atoms with E-state index in [0.29, 0.717) is 6.61 Å². The van der Waals surface area contributed by atoms with E-state index in [1.165, 1.54) is 4.70 Å². The first-order valence-corrected chi connectivity index (χ1v) is 11.5. The van der Waals surface area contributed by atoms with Crippen LogP contribution in [-0.4, -0.2) is 28.1 Å². The summed E-state index contributed by atoms with van der Waals surface area (Å²) in [5.41, 5.74) is 2.78. The average molecular weight is 414 g/mol. The molecule has 1 N–H and O–H groups in total. The van der Waals surface area contributed by atoms with Gasteiger partial charge in [-0.15, -0.1) is 11.3 Å². The maximum absolute atomic E-state index is 6.00. The molecule has 27 heavy (non-hydrogen) atoms. The first-order chi connectivity index (χ1) is 13.3. The summed E-state index contributed by atoms with van der Waals surface area (Å²) < 4.78 is 10.4. The van der Waals surface area contributed by atoms with Gasteiger partial charge >= 0.3 is 0 Å². The number of benzene rings is 2. The highest BCUT2D eigenvalue weighted by atomic mass is 32.2. The van der Waals surface area contributed by atoms with E-state index in [4.69, 9.17) is 14.7 Å². The summed E-state index contributed by atoms with van der Waals surface area (Å²) in [6.45, 7) is 2.76. The molecule has 0 aliphatic heterocycles. The van der Waals surface area contributed by atoms with Crippen LogP contribution in [0, 0.1) is 0 Å². The molecule has 0 aliphatic rings. The van der Waals surface area contributed by atoms with Crippen LogP contribution in [0.2, 0.25) is 0 Å². The van der Waals surface area contributed by atoms with Gasteiger partial charge in [-0.2, -0.15) is 0 Å². The van der Waals surface area contributed by atoms with Crippen LogP contribution < -0.4 is 8.86 Å². The van der Waals surface area contributed by atoms with Gasteiger partial charge in [-0.05, 0) is 24.3 Å². The third-order valence-corrected chi connectivity index (χ3v) is 6.56. The van der Waals surface area contributed by atoms with E-state index in [2.05, 4.69) is 29.3 Å². The molecule has 0 fully saturated rings. The molecule has 4 aromatic rings. The third-order valence-electron chi connectivity index (χ3n) is 3.90. The van der Waals surface area contributed by atoms with Gasteiger partial charge in [-0.1, -0.05) is 61.2 Å². The summed E-state index contributed by atoms with van der Waals surface area (Å²) >= 11 is 5.03. The fourth-order valence-electron chi connectivity index (χ4n) is 2.67. The molecule has 0 radical (unpaired) electrons. The summed E-state index contributed by atoms with van der Waals surface area (Å²) in [5, 5.41) is 2.01. The number of nitrogens with zero attached hydrogens (tertiary/aromatic N) is 2. The molecule has 2 aromatic carbocycles. The SMILES string of the molecule is CCSNSCCOc1cccc2ccc(-c3nc4ccccc4s3)nc12. The normalized spacial score (nSPS) is 11.3. The zero-order valence-corrected chi connectivity index (χ0v) is 17.3. The second kappa shape index (κ2) is 8.93. The highest BCUT2D eigenvalue weighted by molar-refractivity contribution is 8.12. The number of pyridine rings is 1. The van der Waals surface area contributed by atoms with Crippen LogP contribution in [0.25, 0.3) is 31.8 Å². The highest BCUT2D eigenvalue weighted by Gasteiger charge is 2.10. The number of ether oxygens (including phenoxy) is 1. The fraction of sp³-hybridized carbons (Fsp3) is 0.200. The largest absolute Gasteiger partial charge is 0.490 e. The molecule has 0 saturated carbocycles. The molecule has 7 heteroatoms. The molecule has 4 nitrogen and oxygen atoms in total. The van der Waals surface area contributed by atoms with E-state index in [1.54, 1.807) is 35.2 Å². The molecular weight excluding hydrogens is 394 g/mol. The van der Waals surface area contributed by atoms with Gasteiger partial charge in [0.2, 0.25) is 0 Å². The molecule has 0 aliphatic carbocycles. The second-order valence-corrected chi connectivity index (χ2v) is 8.98. The summed E-state index contributed by atoms with van der Waals surface area (Å²) in [4.78, 5) is 9.59. The van der Waals surface area contributed by atoms with Gasteiger partial charge in [0.1, 0.15) is 16.3 Å². The Morgan fingerprint density at radius 2 is 1.93 bits per heavy atom. The van der Waals surface area contributed by atoms with Gasteiger partial charge in [0.05, 0.1) is 22.5 Å². The molecular formula is C20H19N3OS3. The maximum atomic E-state index is 6.00. The van der Waals surface area contributed by atoms with E-state index in [1.807, 2.05) is 36.4 Å². The first-order valence-electron chi connectivity index (χ1n) is 8.72. The summed E-state index contributed by atoms with van der Waals surface area (Å²) in [6, 6.07) is 18.3.